The van der Waals surface area contributed by atoms with Crippen molar-refractivity contribution in [1.29, 1.82) is 0 Å². The van der Waals surface area contributed by atoms with Crippen molar-refractivity contribution in [2.24, 2.45) is 0 Å². The second kappa shape index (κ2) is 30.5. The maximum Gasteiger partial charge on any atom is 0.227 e. The molecule has 5 atom stereocenters. The van der Waals surface area contributed by atoms with Gasteiger partial charge in [0.25, 0.3) is 0 Å². The van der Waals surface area contributed by atoms with Crippen LogP contribution >= 0.6 is 0 Å². The molecule has 17 aromatic rings. The summed E-state index contributed by atoms with van der Waals surface area (Å²) in [6.07, 6.45) is 19.4. The fraction of sp³-hybridized carbons (Fsp3) is 0.263. The lowest BCUT2D eigenvalue weighted by Crippen LogP contribution is -2.42. The molecule has 0 saturated heterocycles. The van der Waals surface area contributed by atoms with Gasteiger partial charge in [-0.25, -0.2) is 24.9 Å². The summed E-state index contributed by atoms with van der Waals surface area (Å²) in [5, 5.41) is 10.2. The Morgan fingerprint density at radius 3 is 0.916 bits per heavy atom. The first kappa shape index (κ1) is 66.6. The molecule has 0 spiro atoms. The molecule has 0 bridgehead atoms. The Bertz CT molecular complexity index is 6710. The molecule has 5 aliphatic rings. The first-order valence-electron chi connectivity index (χ1n) is 44.8. The van der Waals surface area contributed by atoms with Crippen LogP contribution in [0.2, 0.25) is 0 Å². The third-order valence-corrected chi connectivity index (χ3v) is 23.6. The van der Waals surface area contributed by atoms with E-state index in [1.807, 2.05) is 224 Å². The molecule has 20 heteroatoms. The zero-order chi connectivity index (χ0) is 90.4. The number of rotatable bonds is 8. The predicted molar refractivity (Wildman–Crippen MR) is 488 cm³/mol. The molecular formula is C99H101N15O5. The average Bonchev–Trinajstić information content (AvgIpc) is 1.57. The minimum Gasteiger partial charge on any atom is -0.435 e. The van der Waals surface area contributed by atoms with Crippen LogP contribution in [-0.2, 0) is 0 Å². The smallest absolute Gasteiger partial charge is 0.227 e. The second-order valence-corrected chi connectivity index (χ2v) is 31.6. The zero-order valence-corrected chi connectivity index (χ0v) is 69.7. The van der Waals surface area contributed by atoms with E-state index < -0.39 is 38.2 Å². The van der Waals surface area contributed by atoms with Crippen LogP contribution in [0.1, 0.15) is 116 Å². The molecule has 7 aromatic carbocycles. The molecule has 10 aromatic heterocycles. The van der Waals surface area contributed by atoms with Crippen molar-refractivity contribution in [3.05, 3.63) is 266 Å². The number of para-hydroxylation sites is 4. The van der Waals surface area contributed by atoms with Crippen LogP contribution in [0.15, 0.2) is 260 Å². The number of hydrogen-bond acceptors (Lipinski definition) is 20. The van der Waals surface area contributed by atoms with Crippen molar-refractivity contribution < 1.29 is 34.4 Å². The van der Waals surface area contributed by atoms with Gasteiger partial charge in [-0.2, -0.15) is 0 Å². The molecule has 0 amide bonds. The lowest BCUT2D eigenvalue weighted by atomic mass is 10.1. The fourth-order valence-corrected chi connectivity index (χ4v) is 17.8. The largest absolute Gasteiger partial charge is 0.435 e. The van der Waals surface area contributed by atoms with E-state index in [1.54, 1.807) is 43.4 Å². The van der Waals surface area contributed by atoms with Gasteiger partial charge in [0.1, 0.15) is 30.8 Å². The molecule has 0 saturated carbocycles. The molecule has 15 heterocycles. The highest BCUT2D eigenvalue weighted by Gasteiger charge is 2.39. The third-order valence-electron chi connectivity index (χ3n) is 23.6. The molecule has 0 radical (unpaired) electrons. The number of benzene rings is 7. The number of nitrogens with zero attached hydrogens (tertiary/aromatic N) is 15. The van der Waals surface area contributed by atoms with Crippen molar-refractivity contribution in [3.63, 3.8) is 0 Å². The lowest BCUT2D eigenvalue weighted by Gasteiger charge is -2.33. The maximum absolute atomic E-state index is 8.71. The summed E-state index contributed by atoms with van der Waals surface area (Å²) in [4.78, 5) is 41.5. The average molecular weight is 1590 g/mol. The summed E-state index contributed by atoms with van der Waals surface area (Å²) in [7, 11) is 0. The molecule has 0 fully saturated rings. The van der Waals surface area contributed by atoms with E-state index in [0.717, 1.165) is 155 Å². The van der Waals surface area contributed by atoms with Crippen molar-refractivity contribution in [2.45, 2.75) is 160 Å². The van der Waals surface area contributed by atoms with E-state index in [-0.39, 0.29) is 24.7 Å². The maximum atomic E-state index is 8.71. The van der Waals surface area contributed by atoms with E-state index in [4.69, 9.17) is 34.4 Å². The Morgan fingerprint density at radius 2 is 0.597 bits per heavy atom. The highest BCUT2D eigenvalue weighted by atomic mass is 16.4. The van der Waals surface area contributed by atoms with E-state index in [0.29, 0.717) is 34.3 Å². The van der Waals surface area contributed by atoms with Gasteiger partial charge >= 0.3 is 0 Å². The summed E-state index contributed by atoms with van der Waals surface area (Å²) in [5.41, 5.74) is 21.2. The number of aromatic nitrogens is 5. The van der Waals surface area contributed by atoms with Crippen LogP contribution in [0.3, 0.4) is 0 Å². The van der Waals surface area contributed by atoms with Gasteiger partial charge in [0, 0.05) is 162 Å². The first-order valence-corrected chi connectivity index (χ1v) is 40.3. The van der Waals surface area contributed by atoms with Gasteiger partial charge in [0.05, 0.1) is 55.3 Å². The second-order valence-electron chi connectivity index (χ2n) is 31.6. The summed E-state index contributed by atoms with van der Waals surface area (Å²) >= 11 is 0. The molecular weight excluding hydrogens is 1480 g/mol. The number of anilines is 9. The Balaban J connectivity index is 0.000000108. The third kappa shape index (κ3) is 12.9. The van der Waals surface area contributed by atoms with E-state index in [1.165, 1.54) is 9.80 Å². The Labute approximate surface area is 706 Å². The number of furan rings is 5. The van der Waals surface area contributed by atoms with Gasteiger partial charge in [-0.1, -0.05) is 84.9 Å². The minimum atomic E-state index is -2.25. The number of aryl methyl sites for hydroxylation is 5. The summed E-state index contributed by atoms with van der Waals surface area (Å²) < 4.78 is 103. The monoisotopic (exact) mass is 1590 g/mol. The normalized spacial score (nSPS) is 19.1. The zero-order valence-electron chi connectivity index (χ0n) is 78.7. The molecule has 22 rings (SSSR count). The highest BCUT2D eigenvalue weighted by Crippen LogP contribution is 2.52. The Kier molecular flexibility index (Phi) is 17.1. The van der Waals surface area contributed by atoms with Crippen molar-refractivity contribution in [2.75, 3.05) is 48.3 Å². The van der Waals surface area contributed by atoms with E-state index >= 15 is 0 Å². The van der Waals surface area contributed by atoms with Crippen LogP contribution in [0, 0.1) is 34.6 Å². The number of fused-ring (bicyclic) bond motifs is 17. The molecule has 4 unspecified atom stereocenters. The minimum absolute atomic E-state index is 0.0182. The molecule has 0 aliphatic carbocycles. The van der Waals surface area contributed by atoms with Crippen molar-refractivity contribution in [3.8, 4) is 0 Å². The summed E-state index contributed by atoms with van der Waals surface area (Å²) in [5.74, 6) is 0. The van der Waals surface area contributed by atoms with Gasteiger partial charge in [-0.15, -0.1) is 0 Å². The summed E-state index contributed by atoms with van der Waals surface area (Å²) in [6, 6.07) is 54.3. The molecule has 20 nitrogen and oxygen atoms in total. The fourth-order valence-electron chi connectivity index (χ4n) is 17.8. The summed E-state index contributed by atoms with van der Waals surface area (Å²) in [6.45, 7) is 27.5. The van der Waals surface area contributed by atoms with Crippen molar-refractivity contribution >= 4 is 162 Å². The molecule has 119 heavy (non-hydrogen) atoms. The van der Waals surface area contributed by atoms with Crippen LogP contribution < -0.4 is 34.3 Å². The Morgan fingerprint density at radius 1 is 0.294 bits per heavy atom. The molecule has 5 aliphatic heterocycles. The lowest BCUT2D eigenvalue weighted by molar-refractivity contribution is 0.263. The highest BCUT2D eigenvalue weighted by molar-refractivity contribution is 6.14. The van der Waals surface area contributed by atoms with Crippen molar-refractivity contribution in [1.82, 2.24) is 39.6 Å². The van der Waals surface area contributed by atoms with Gasteiger partial charge in [-0.05, 0) is 224 Å². The van der Waals surface area contributed by atoms with Gasteiger partial charge in [0.2, 0.25) is 28.6 Å². The molecule has 0 N–H and O–H groups in total. The van der Waals surface area contributed by atoms with Gasteiger partial charge < -0.3 is 71.1 Å². The predicted octanol–water partition coefficient (Wildman–Crippen LogP) is 24.4. The van der Waals surface area contributed by atoms with E-state index in [2.05, 4.69) is 146 Å². The van der Waals surface area contributed by atoms with Gasteiger partial charge in [-0.3, -0.25) is 0 Å². The number of pyridine rings is 5. The quantitative estimate of drug-likeness (QED) is 0.141. The van der Waals surface area contributed by atoms with Crippen LogP contribution in [-0.4, -0.2) is 102 Å². The first-order chi connectivity index (χ1) is 60.9. The number of hydrogen-bond donors (Lipinski definition) is 0. The van der Waals surface area contributed by atoms with E-state index in [9.17, 15) is 0 Å². The Hall–Kier alpha value is -13.5. The van der Waals surface area contributed by atoms with Crippen LogP contribution in [0.5, 0.6) is 0 Å². The topological polar surface area (TPSA) is 163 Å². The van der Waals surface area contributed by atoms with Gasteiger partial charge in [0.15, 0.2) is 27.9 Å². The van der Waals surface area contributed by atoms with Crippen LogP contribution in [0.25, 0.3) is 110 Å². The molecule has 602 valence electrons. The standard InChI is InChI=1S/C23H23N3O.C21H19N3O.2C19H21N3O.C17H17N3O/c1-14(2)25-16(4)26(20-10-6-5-9-19(20)25)21-15(3)11-12-17-18-8-7-13-24-23(18)27-22(17)21;1-13-10-11-15-16-7-6-12-22-21(16)25-20(15)19(13)24-14(2)23(3)17-8-4-5-9-18(17)24;2*1-12(2)21-10-11-22(14(21)4)17-13(3)7-8-15-16-6-5-9-20-19(16)23-18(15)17;1-11-6-7-13-14-5-4-8-18-17(14)21-16(13)15(11)20-10-9-19(3)12(20)2/h5-14,16H,1-4H3;4-12,14H,1-3H3;2*5-12,14H,1-4H3;4-10,12H,1-3H3/t;;;;12-/m....0/s1/i14D;3D3;2*12D;3D3. The SMILES string of the molecule is [2H]C(C)(C)N1C=CN(c2c(C)ccc3c2oc2ncccc23)C1C.[2H]C(C)(C)N1C=CN(c2c(C)ccc3c2oc2ncccc23)C1C.[2H]C(C)(C)N1c2ccccc2N(c2c(C)ccc3c2oc2ncccc23)C1C.[2H]C([2H])([2H])N1C=CN(c2c(C)ccc3c2oc2ncccc23)[C@H]1C.[2H]C([2H])([2H])N1c2ccccc2N(c2c(C)ccc3c2oc2ncccc23)C1C. The van der Waals surface area contributed by atoms with Crippen LogP contribution in [0.4, 0.5) is 51.2 Å².